The van der Waals surface area contributed by atoms with Gasteiger partial charge < -0.3 is 9.64 Å². The molecular weight excluding hydrogens is 286 g/mol. The van der Waals surface area contributed by atoms with Gasteiger partial charge in [-0.25, -0.2) is 0 Å². The molecule has 0 saturated heterocycles. The molecule has 4 heteroatoms. The lowest BCUT2D eigenvalue weighted by molar-refractivity contribution is 0.0981. The molecule has 3 rings (SSSR count). The summed E-state index contributed by atoms with van der Waals surface area (Å²) in [5.74, 6) is 0.542. The Balaban J connectivity index is 1.97. The second kappa shape index (κ2) is 5.41. The molecule has 0 aromatic heterocycles. The van der Waals surface area contributed by atoms with Gasteiger partial charge in [0, 0.05) is 17.3 Å². The largest absolute Gasteiger partial charge is 0.495 e. The van der Waals surface area contributed by atoms with Gasteiger partial charge in [-0.15, -0.1) is 0 Å². The number of fused-ring (bicyclic) bond motifs is 1. The third-order valence-electron chi connectivity index (χ3n) is 3.82. The lowest BCUT2D eigenvalue weighted by atomic mass is 10.1. The SMILES string of the molecule is COc1ccc(C(=O)N2c3ccccc3C[C@H]2C)cc1Cl. The number of hydrogen-bond donors (Lipinski definition) is 0. The van der Waals surface area contributed by atoms with Crippen LogP contribution >= 0.6 is 11.6 Å². The van der Waals surface area contributed by atoms with Crippen molar-refractivity contribution in [2.24, 2.45) is 0 Å². The van der Waals surface area contributed by atoms with Crippen molar-refractivity contribution in [3.63, 3.8) is 0 Å². The molecule has 1 aliphatic heterocycles. The molecule has 2 aromatic carbocycles. The van der Waals surface area contributed by atoms with E-state index < -0.39 is 0 Å². The molecule has 0 spiro atoms. The van der Waals surface area contributed by atoms with Gasteiger partial charge in [0.15, 0.2) is 0 Å². The van der Waals surface area contributed by atoms with Crippen molar-refractivity contribution in [1.82, 2.24) is 0 Å². The molecule has 108 valence electrons. The summed E-state index contributed by atoms with van der Waals surface area (Å²) in [4.78, 5) is 14.6. The number of halogens is 1. The highest BCUT2D eigenvalue weighted by Crippen LogP contribution is 2.34. The maximum absolute atomic E-state index is 12.8. The molecule has 2 aromatic rings. The first-order valence-corrected chi connectivity index (χ1v) is 7.24. The molecule has 1 amide bonds. The van der Waals surface area contributed by atoms with E-state index in [1.54, 1.807) is 25.3 Å². The second-order valence-electron chi connectivity index (χ2n) is 5.21. The quantitative estimate of drug-likeness (QED) is 0.841. The van der Waals surface area contributed by atoms with Crippen molar-refractivity contribution >= 4 is 23.2 Å². The molecule has 0 radical (unpaired) electrons. The highest BCUT2D eigenvalue weighted by molar-refractivity contribution is 6.32. The van der Waals surface area contributed by atoms with Crippen LogP contribution in [-0.2, 0) is 6.42 Å². The monoisotopic (exact) mass is 301 g/mol. The summed E-state index contributed by atoms with van der Waals surface area (Å²) in [6.07, 6.45) is 0.881. The van der Waals surface area contributed by atoms with Gasteiger partial charge in [0.05, 0.1) is 12.1 Å². The molecule has 1 atom stereocenters. The summed E-state index contributed by atoms with van der Waals surface area (Å²) < 4.78 is 5.13. The van der Waals surface area contributed by atoms with E-state index in [9.17, 15) is 4.79 Å². The van der Waals surface area contributed by atoms with Crippen LogP contribution in [-0.4, -0.2) is 19.1 Å². The van der Waals surface area contributed by atoms with E-state index in [1.807, 2.05) is 23.1 Å². The number of para-hydroxylation sites is 1. The molecule has 3 nitrogen and oxygen atoms in total. The first-order valence-electron chi connectivity index (χ1n) is 6.87. The number of rotatable bonds is 2. The number of ether oxygens (including phenoxy) is 1. The number of benzene rings is 2. The zero-order valence-corrected chi connectivity index (χ0v) is 12.7. The average molecular weight is 302 g/mol. The Bertz CT molecular complexity index is 699. The van der Waals surface area contributed by atoms with Crippen molar-refractivity contribution in [3.05, 3.63) is 58.6 Å². The van der Waals surface area contributed by atoms with Gasteiger partial charge in [-0.05, 0) is 43.2 Å². The van der Waals surface area contributed by atoms with E-state index in [4.69, 9.17) is 16.3 Å². The summed E-state index contributed by atoms with van der Waals surface area (Å²) in [7, 11) is 1.56. The van der Waals surface area contributed by atoms with Crippen molar-refractivity contribution in [1.29, 1.82) is 0 Å². The standard InChI is InChI=1S/C17H16ClNO2/c1-11-9-12-5-3-4-6-15(12)19(11)17(20)13-7-8-16(21-2)14(18)10-13/h3-8,10-11H,9H2,1-2H3/t11-/m1/s1. The topological polar surface area (TPSA) is 29.5 Å². The molecule has 0 bridgehead atoms. The Morgan fingerprint density at radius 2 is 2.05 bits per heavy atom. The molecule has 1 aliphatic rings. The minimum Gasteiger partial charge on any atom is -0.495 e. The van der Waals surface area contributed by atoms with Crippen molar-refractivity contribution in [2.45, 2.75) is 19.4 Å². The van der Waals surface area contributed by atoms with Crippen LogP contribution in [0.25, 0.3) is 0 Å². The number of carbonyl (C=O) groups excluding carboxylic acids is 1. The summed E-state index contributed by atoms with van der Waals surface area (Å²) in [5.41, 5.74) is 2.77. The number of nitrogens with zero attached hydrogens (tertiary/aromatic N) is 1. The molecule has 1 heterocycles. The Kier molecular flexibility index (Phi) is 3.60. The van der Waals surface area contributed by atoms with Crippen molar-refractivity contribution < 1.29 is 9.53 Å². The van der Waals surface area contributed by atoms with Gasteiger partial charge in [-0.3, -0.25) is 4.79 Å². The van der Waals surface area contributed by atoms with E-state index in [2.05, 4.69) is 13.0 Å². The molecule has 0 saturated carbocycles. The van der Waals surface area contributed by atoms with E-state index in [-0.39, 0.29) is 11.9 Å². The van der Waals surface area contributed by atoms with Crippen LogP contribution in [0.1, 0.15) is 22.8 Å². The van der Waals surface area contributed by atoms with Gasteiger partial charge in [-0.1, -0.05) is 29.8 Å². The van der Waals surface area contributed by atoms with Crippen molar-refractivity contribution in [3.8, 4) is 5.75 Å². The van der Waals surface area contributed by atoms with Crippen molar-refractivity contribution in [2.75, 3.05) is 12.0 Å². The Labute approximate surface area is 129 Å². The van der Waals surface area contributed by atoms with Gasteiger partial charge in [0.1, 0.15) is 5.75 Å². The third kappa shape index (κ3) is 2.38. The average Bonchev–Trinajstić information content (AvgIpc) is 2.82. The Hall–Kier alpha value is -2.00. The molecule has 0 unspecified atom stereocenters. The molecule has 0 fully saturated rings. The molecular formula is C17H16ClNO2. The van der Waals surface area contributed by atoms with Crippen LogP contribution in [0.2, 0.25) is 5.02 Å². The van der Waals surface area contributed by atoms with E-state index in [0.29, 0.717) is 16.3 Å². The zero-order valence-electron chi connectivity index (χ0n) is 12.0. The summed E-state index contributed by atoms with van der Waals surface area (Å²) in [5, 5.41) is 0.448. The number of amides is 1. The van der Waals surface area contributed by atoms with E-state index >= 15 is 0 Å². The fraction of sp³-hybridized carbons (Fsp3) is 0.235. The van der Waals surface area contributed by atoms with Crippen LogP contribution in [0, 0.1) is 0 Å². The molecule has 21 heavy (non-hydrogen) atoms. The van der Waals surface area contributed by atoms with Crippen LogP contribution in [0.4, 0.5) is 5.69 Å². The summed E-state index contributed by atoms with van der Waals surface area (Å²) >= 11 is 6.12. The summed E-state index contributed by atoms with van der Waals surface area (Å²) in [6.45, 7) is 2.06. The number of carbonyl (C=O) groups is 1. The Morgan fingerprint density at radius 1 is 1.29 bits per heavy atom. The number of hydrogen-bond acceptors (Lipinski definition) is 2. The zero-order chi connectivity index (χ0) is 15.0. The maximum Gasteiger partial charge on any atom is 0.258 e. The predicted molar refractivity (Wildman–Crippen MR) is 84.4 cm³/mol. The lowest BCUT2D eigenvalue weighted by Crippen LogP contribution is -2.35. The minimum absolute atomic E-state index is 0.0306. The van der Waals surface area contributed by atoms with Crippen LogP contribution in [0.5, 0.6) is 5.75 Å². The Morgan fingerprint density at radius 3 is 2.76 bits per heavy atom. The first-order chi connectivity index (χ1) is 10.1. The normalized spacial score (nSPS) is 16.7. The fourth-order valence-corrected chi connectivity index (χ4v) is 3.07. The van der Waals surface area contributed by atoms with Crippen LogP contribution < -0.4 is 9.64 Å². The maximum atomic E-state index is 12.8. The van der Waals surface area contributed by atoms with E-state index in [0.717, 1.165) is 12.1 Å². The lowest BCUT2D eigenvalue weighted by Gasteiger charge is -2.23. The minimum atomic E-state index is -0.0306. The smallest absolute Gasteiger partial charge is 0.258 e. The van der Waals surface area contributed by atoms with Crippen LogP contribution in [0.3, 0.4) is 0 Å². The fourth-order valence-electron chi connectivity index (χ4n) is 2.81. The highest BCUT2D eigenvalue weighted by Gasteiger charge is 2.31. The first kappa shape index (κ1) is 14.0. The van der Waals surface area contributed by atoms with Crippen LogP contribution in [0.15, 0.2) is 42.5 Å². The third-order valence-corrected chi connectivity index (χ3v) is 4.12. The van der Waals surface area contributed by atoms with Gasteiger partial charge >= 0.3 is 0 Å². The van der Waals surface area contributed by atoms with Gasteiger partial charge in [0.25, 0.3) is 5.91 Å². The second-order valence-corrected chi connectivity index (χ2v) is 5.61. The number of methoxy groups -OCH3 is 1. The number of anilines is 1. The van der Waals surface area contributed by atoms with E-state index in [1.165, 1.54) is 5.56 Å². The molecule has 0 aliphatic carbocycles. The van der Waals surface area contributed by atoms with Gasteiger partial charge in [-0.2, -0.15) is 0 Å². The predicted octanol–water partition coefficient (Wildman–Crippen LogP) is 3.94. The van der Waals surface area contributed by atoms with Gasteiger partial charge in [0.2, 0.25) is 0 Å². The summed E-state index contributed by atoms with van der Waals surface area (Å²) in [6, 6.07) is 13.3. The highest BCUT2D eigenvalue weighted by atomic mass is 35.5. The molecule has 0 N–H and O–H groups in total.